The Morgan fingerprint density at radius 3 is 2.75 bits per heavy atom. The number of carbonyl (C=O) groups is 1. The van der Waals surface area contributed by atoms with Gasteiger partial charge < -0.3 is 5.32 Å². The molecule has 0 aliphatic heterocycles. The van der Waals surface area contributed by atoms with Crippen LogP contribution in [0.2, 0.25) is 0 Å². The maximum atomic E-state index is 13.8. The van der Waals surface area contributed by atoms with Crippen LogP contribution in [0.4, 0.5) is 21.7 Å². The molecule has 0 bridgehead atoms. The molecule has 2 aromatic rings. The summed E-state index contributed by atoms with van der Waals surface area (Å²) in [5.41, 5.74) is 2.78. The van der Waals surface area contributed by atoms with Gasteiger partial charge in [0.25, 0.3) is 0 Å². The van der Waals surface area contributed by atoms with Gasteiger partial charge in [-0.25, -0.2) is 19.8 Å². The molecule has 0 saturated carbocycles. The number of aldehydes is 1. The third-order valence-corrected chi connectivity index (χ3v) is 2.88. The van der Waals surface area contributed by atoms with Crippen LogP contribution in [0.15, 0.2) is 29.0 Å². The van der Waals surface area contributed by atoms with Crippen LogP contribution in [0.3, 0.4) is 0 Å². The highest BCUT2D eigenvalue weighted by Crippen LogP contribution is 2.25. The summed E-state index contributed by atoms with van der Waals surface area (Å²) in [6.45, 7) is 0. The molecular formula is C12H10BrFN4O2. The molecule has 0 radical (unpaired) electrons. The normalized spacial score (nSPS) is 10.2. The van der Waals surface area contributed by atoms with Gasteiger partial charge in [0.05, 0.1) is 12.8 Å². The summed E-state index contributed by atoms with van der Waals surface area (Å²) < 4.78 is 14.4. The van der Waals surface area contributed by atoms with Gasteiger partial charge in [0.15, 0.2) is 12.1 Å². The number of rotatable bonds is 5. The SMILES string of the molecule is CONc1ncnc(Nc2ccc(Br)cc2F)c1C=O. The molecule has 2 rings (SSSR count). The molecule has 8 heteroatoms. The van der Waals surface area contributed by atoms with Crippen molar-refractivity contribution in [3.05, 3.63) is 40.4 Å². The van der Waals surface area contributed by atoms with Gasteiger partial charge in [0.1, 0.15) is 23.5 Å². The molecule has 0 fully saturated rings. The van der Waals surface area contributed by atoms with Crippen LogP contribution in [0, 0.1) is 5.82 Å². The molecule has 0 saturated heterocycles. The van der Waals surface area contributed by atoms with Crippen molar-refractivity contribution in [2.45, 2.75) is 0 Å². The first kappa shape index (κ1) is 14.4. The zero-order valence-electron chi connectivity index (χ0n) is 10.4. The van der Waals surface area contributed by atoms with Gasteiger partial charge >= 0.3 is 0 Å². The van der Waals surface area contributed by atoms with Crippen LogP contribution in [0.5, 0.6) is 0 Å². The first-order chi connectivity index (χ1) is 9.65. The van der Waals surface area contributed by atoms with E-state index in [2.05, 4.69) is 36.7 Å². The van der Waals surface area contributed by atoms with Crippen LogP contribution in [-0.2, 0) is 4.84 Å². The van der Waals surface area contributed by atoms with Crippen molar-refractivity contribution in [2.24, 2.45) is 0 Å². The monoisotopic (exact) mass is 340 g/mol. The molecule has 20 heavy (non-hydrogen) atoms. The largest absolute Gasteiger partial charge is 0.337 e. The molecule has 6 nitrogen and oxygen atoms in total. The van der Waals surface area contributed by atoms with Crippen molar-refractivity contribution in [1.29, 1.82) is 0 Å². The number of anilines is 3. The summed E-state index contributed by atoms with van der Waals surface area (Å²) in [5, 5.41) is 2.74. The molecule has 0 unspecified atom stereocenters. The van der Waals surface area contributed by atoms with Crippen LogP contribution in [-0.4, -0.2) is 23.4 Å². The average molecular weight is 341 g/mol. The van der Waals surface area contributed by atoms with E-state index in [1.54, 1.807) is 6.07 Å². The Kier molecular flexibility index (Phi) is 4.59. The first-order valence-corrected chi connectivity index (χ1v) is 6.26. The van der Waals surface area contributed by atoms with Gasteiger partial charge in [-0.3, -0.25) is 9.63 Å². The topological polar surface area (TPSA) is 76.1 Å². The van der Waals surface area contributed by atoms with Crippen LogP contribution < -0.4 is 10.8 Å². The minimum absolute atomic E-state index is 0.136. The fourth-order valence-electron chi connectivity index (χ4n) is 1.50. The Labute approximate surface area is 122 Å². The molecule has 0 atom stereocenters. The molecule has 104 valence electrons. The number of hydrogen-bond acceptors (Lipinski definition) is 6. The second-order valence-electron chi connectivity index (χ2n) is 3.66. The number of halogens is 2. The number of carbonyl (C=O) groups excluding carboxylic acids is 1. The summed E-state index contributed by atoms with van der Waals surface area (Å²) >= 11 is 3.17. The molecule has 0 amide bonds. The molecule has 0 spiro atoms. The van der Waals surface area contributed by atoms with Crippen molar-refractivity contribution < 1.29 is 14.0 Å². The van der Waals surface area contributed by atoms with Crippen molar-refractivity contribution >= 4 is 39.5 Å². The van der Waals surface area contributed by atoms with E-state index in [1.165, 1.54) is 25.6 Å². The molecule has 2 N–H and O–H groups in total. The predicted molar refractivity (Wildman–Crippen MR) is 75.4 cm³/mol. The smallest absolute Gasteiger partial charge is 0.165 e. The van der Waals surface area contributed by atoms with E-state index in [-0.39, 0.29) is 22.9 Å². The number of aromatic nitrogens is 2. The van der Waals surface area contributed by atoms with E-state index in [4.69, 9.17) is 4.84 Å². The quantitative estimate of drug-likeness (QED) is 0.643. The Morgan fingerprint density at radius 2 is 2.10 bits per heavy atom. The highest BCUT2D eigenvalue weighted by molar-refractivity contribution is 9.10. The lowest BCUT2D eigenvalue weighted by Crippen LogP contribution is -2.07. The Bertz CT molecular complexity index is 639. The van der Waals surface area contributed by atoms with E-state index in [1.807, 2.05) is 0 Å². The lowest BCUT2D eigenvalue weighted by Gasteiger charge is -2.11. The summed E-state index contributed by atoms with van der Waals surface area (Å²) in [7, 11) is 1.39. The summed E-state index contributed by atoms with van der Waals surface area (Å²) in [4.78, 5) is 23.6. The molecule has 0 aliphatic carbocycles. The highest BCUT2D eigenvalue weighted by Gasteiger charge is 2.12. The maximum absolute atomic E-state index is 13.8. The standard InChI is InChI=1S/C12H10BrFN4O2/c1-20-18-12-8(5-19)11(15-6-16-12)17-10-3-2-7(13)4-9(10)14/h2-6H,1H3,(H2,15,16,17,18). The van der Waals surface area contributed by atoms with Crippen LogP contribution >= 0.6 is 15.9 Å². The summed E-state index contributed by atoms with van der Waals surface area (Å²) in [5.74, 6) is -0.107. The van der Waals surface area contributed by atoms with Gasteiger partial charge in [-0.1, -0.05) is 15.9 Å². The summed E-state index contributed by atoms with van der Waals surface area (Å²) in [6, 6.07) is 4.50. The zero-order chi connectivity index (χ0) is 14.5. The lowest BCUT2D eigenvalue weighted by molar-refractivity contribution is 0.112. The van der Waals surface area contributed by atoms with E-state index in [0.29, 0.717) is 10.8 Å². The number of hydrogen-bond donors (Lipinski definition) is 2. The molecule has 1 aromatic heterocycles. The zero-order valence-corrected chi connectivity index (χ0v) is 11.9. The maximum Gasteiger partial charge on any atom is 0.165 e. The number of nitrogens with one attached hydrogen (secondary N) is 2. The summed E-state index contributed by atoms with van der Waals surface area (Å²) in [6.07, 6.45) is 1.79. The Balaban J connectivity index is 2.37. The van der Waals surface area contributed by atoms with Gasteiger partial charge in [0, 0.05) is 4.47 Å². The minimum Gasteiger partial charge on any atom is -0.337 e. The van der Waals surface area contributed by atoms with Crippen LogP contribution in [0.25, 0.3) is 0 Å². The average Bonchev–Trinajstić information content (AvgIpc) is 2.42. The molecule has 1 heterocycles. The predicted octanol–water partition coefficient (Wildman–Crippen LogP) is 2.91. The highest BCUT2D eigenvalue weighted by atomic mass is 79.9. The van der Waals surface area contributed by atoms with E-state index in [9.17, 15) is 9.18 Å². The van der Waals surface area contributed by atoms with Crippen molar-refractivity contribution in [3.8, 4) is 0 Å². The van der Waals surface area contributed by atoms with Crippen molar-refractivity contribution in [3.63, 3.8) is 0 Å². The van der Waals surface area contributed by atoms with Crippen molar-refractivity contribution in [1.82, 2.24) is 9.97 Å². The number of nitrogens with zero attached hydrogens (tertiary/aromatic N) is 2. The van der Waals surface area contributed by atoms with Crippen molar-refractivity contribution in [2.75, 3.05) is 17.9 Å². The van der Waals surface area contributed by atoms with Gasteiger partial charge in [0.2, 0.25) is 0 Å². The third kappa shape index (κ3) is 3.09. The Morgan fingerprint density at radius 1 is 1.35 bits per heavy atom. The van der Waals surface area contributed by atoms with E-state index < -0.39 is 5.82 Å². The van der Waals surface area contributed by atoms with Gasteiger partial charge in [-0.15, -0.1) is 0 Å². The third-order valence-electron chi connectivity index (χ3n) is 2.38. The van der Waals surface area contributed by atoms with Gasteiger partial charge in [-0.05, 0) is 18.2 Å². The molecular weight excluding hydrogens is 331 g/mol. The second-order valence-corrected chi connectivity index (χ2v) is 4.57. The minimum atomic E-state index is -0.476. The Hall–Kier alpha value is -2.06. The van der Waals surface area contributed by atoms with E-state index >= 15 is 0 Å². The molecule has 0 aliphatic rings. The lowest BCUT2D eigenvalue weighted by atomic mass is 10.2. The van der Waals surface area contributed by atoms with Gasteiger partial charge in [-0.2, -0.15) is 0 Å². The van der Waals surface area contributed by atoms with E-state index in [0.717, 1.165) is 0 Å². The second kappa shape index (κ2) is 6.40. The fourth-order valence-corrected chi connectivity index (χ4v) is 1.84. The number of benzene rings is 1. The first-order valence-electron chi connectivity index (χ1n) is 5.47. The molecule has 1 aromatic carbocycles. The van der Waals surface area contributed by atoms with Crippen LogP contribution in [0.1, 0.15) is 10.4 Å². The fraction of sp³-hybridized carbons (Fsp3) is 0.0833.